The summed E-state index contributed by atoms with van der Waals surface area (Å²) in [5.41, 5.74) is 6.05. The van der Waals surface area contributed by atoms with Gasteiger partial charge in [0.05, 0.1) is 6.04 Å². The summed E-state index contributed by atoms with van der Waals surface area (Å²) in [4.78, 5) is 7.82. The topological polar surface area (TPSA) is 32.5 Å². The van der Waals surface area contributed by atoms with Crippen molar-refractivity contribution >= 4 is 11.3 Å². The summed E-state index contributed by atoms with van der Waals surface area (Å²) < 4.78 is 0. The van der Waals surface area contributed by atoms with Crippen LogP contribution < -0.4 is 5.73 Å². The Balaban J connectivity index is 2.10. The lowest BCUT2D eigenvalue weighted by Gasteiger charge is -2.27. The summed E-state index contributed by atoms with van der Waals surface area (Å²) in [6.07, 6.45) is 1.12. The number of nitrogens with two attached hydrogens (primary N) is 1. The minimum atomic E-state index is 0.401. The molecule has 2 heterocycles. The van der Waals surface area contributed by atoms with Crippen LogP contribution in [0.2, 0.25) is 0 Å². The summed E-state index contributed by atoms with van der Waals surface area (Å²) in [5, 5.41) is 0. The quantitative estimate of drug-likeness (QED) is 0.898. The van der Waals surface area contributed by atoms with Gasteiger partial charge < -0.3 is 10.6 Å². The van der Waals surface area contributed by atoms with E-state index in [1.807, 2.05) is 11.3 Å². The van der Waals surface area contributed by atoms with Crippen molar-refractivity contribution in [1.29, 1.82) is 0 Å². The van der Waals surface area contributed by atoms with Crippen molar-refractivity contribution in [3.63, 3.8) is 0 Å². The van der Waals surface area contributed by atoms with Crippen molar-refractivity contribution in [3.8, 4) is 0 Å². The molecule has 108 valence electrons. The molecular formula is C15H27N3S. The van der Waals surface area contributed by atoms with Crippen molar-refractivity contribution in [2.75, 3.05) is 33.7 Å². The molecule has 0 amide bonds. The molecule has 0 spiro atoms. The van der Waals surface area contributed by atoms with Crippen LogP contribution in [0.15, 0.2) is 12.1 Å². The number of thiophene rings is 1. The third-order valence-electron chi connectivity index (χ3n) is 4.29. The van der Waals surface area contributed by atoms with Crippen LogP contribution in [-0.2, 0) is 6.42 Å². The second-order valence-corrected chi connectivity index (χ2v) is 7.07. The Morgan fingerprint density at radius 2 is 2.16 bits per heavy atom. The zero-order valence-corrected chi connectivity index (χ0v) is 13.4. The van der Waals surface area contributed by atoms with E-state index >= 15 is 0 Å². The molecule has 0 radical (unpaired) electrons. The van der Waals surface area contributed by atoms with Gasteiger partial charge in [-0.25, -0.2) is 0 Å². The SMILES string of the molecule is CCc1ccc(C(CN)N2CC(C)C(N(C)C)C2)s1. The molecule has 3 unspecified atom stereocenters. The lowest BCUT2D eigenvalue weighted by molar-refractivity contribution is 0.221. The molecule has 0 saturated carbocycles. The maximum absolute atomic E-state index is 6.05. The first kappa shape index (κ1) is 15.0. The van der Waals surface area contributed by atoms with Crippen molar-refractivity contribution in [1.82, 2.24) is 9.80 Å². The van der Waals surface area contributed by atoms with Crippen molar-refractivity contribution in [2.45, 2.75) is 32.4 Å². The Hall–Kier alpha value is -0.420. The second kappa shape index (κ2) is 6.35. The van der Waals surface area contributed by atoms with E-state index in [1.54, 1.807) is 0 Å². The van der Waals surface area contributed by atoms with Gasteiger partial charge in [-0.3, -0.25) is 4.90 Å². The molecule has 1 aliphatic heterocycles. The van der Waals surface area contributed by atoms with Gasteiger partial charge in [0.25, 0.3) is 0 Å². The van der Waals surface area contributed by atoms with E-state index in [0.717, 1.165) is 32.0 Å². The van der Waals surface area contributed by atoms with Gasteiger partial charge in [0.1, 0.15) is 0 Å². The molecule has 1 aromatic heterocycles. The summed E-state index contributed by atoms with van der Waals surface area (Å²) in [5.74, 6) is 0.717. The fourth-order valence-corrected chi connectivity index (χ4v) is 4.22. The zero-order valence-electron chi connectivity index (χ0n) is 12.6. The van der Waals surface area contributed by atoms with E-state index in [0.29, 0.717) is 12.1 Å². The minimum Gasteiger partial charge on any atom is -0.329 e. The second-order valence-electron chi connectivity index (χ2n) is 5.87. The summed E-state index contributed by atoms with van der Waals surface area (Å²) >= 11 is 1.93. The Morgan fingerprint density at radius 1 is 1.42 bits per heavy atom. The predicted octanol–water partition coefficient (Wildman–Crippen LogP) is 2.19. The molecule has 1 aromatic rings. The average molecular weight is 281 g/mol. The Labute approximate surface area is 121 Å². The number of hydrogen-bond donors (Lipinski definition) is 1. The molecule has 2 N–H and O–H groups in total. The molecule has 3 atom stereocenters. The van der Waals surface area contributed by atoms with Crippen molar-refractivity contribution < 1.29 is 0 Å². The number of aryl methyl sites for hydroxylation is 1. The monoisotopic (exact) mass is 281 g/mol. The van der Waals surface area contributed by atoms with E-state index in [-0.39, 0.29) is 0 Å². The van der Waals surface area contributed by atoms with Gasteiger partial charge in [-0.05, 0) is 38.6 Å². The Morgan fingerprint density at radius 3 is 2.63 bits per heavy atom. The van der Waals surface area contributed by atoms with Crippen LogP contribution in [-0.4, -0.2) is 49.6 Å². The maximum atomic E-state index is 6.05. The molecule has 0 bridgehead atoms. The van der Waals surface area contributed by atoms with Gasteiger partial charge in [-0.1, -0.05) is 13.8 Å². The maximum Gasteiger partial charge on any atom is 0.0565 e. The molecule has 1 aliphatic rings. The number of likely N-dealkylation sites (N-methyl/N-ethyl adjacent to an activating group) is 1. The first-order valence-electron chi connectivity index (χ1n) is 7.26. The van der Waals surface area contributed by atoms with Crippen LogP contribution in [0.3, 0.4) is 0 Å². The lowest BCUT2D eigenvalue weighted by atomic mass is 10.1. The van der Waals surface area contributed by atoms with E-state index in [2.05, 4.69) is 49.9 Å². The fraction of sp³-hybridized carbons (Fsp3) is 0.733. The van der Waals surface area contributed by atoms with Crippen LogP contribution in [0.5, 0.6) is 0 Å². The highest BCUT2D eigenvalue weighted by Crippen LogP contribution is 2.32. The number of rotatable bonds is 5. The van der Waals surface area contributed by atoms with Crippen molar-refractivity contribution in [2.24, 2.45) is 11.7 Å². The first-order valence-corrected chi connectivity index (χ1v) is 8.07. The Kier molecular flexibility index (Phi) is 5.01. The van der Waals surface area contributed by atoms with E-state index in [9.17, 15) is 0 Å². The molecule has 2 rings (SSSR count). The molecule has 0 aromatic carbocycles. The molecule has 3 nitrogen and oxygen atoms in total. The fourth-order valence-electron chi connectivity index (χ4n) is 3.12. The van der Waals surface area contributed by atoms with Gasteiger partial charge in [0, 0.05) is 35.4 Å². The van der Waals surface area contributed by atoms with Crippen LogP contribution in [0, 0.1) is 5.92 Å². The van der Waals surface area contributed by atoms with E-state index in [4.69, 9.17) is 5.73 Å². The third-order valence-corrected chi connectivity index (χ3v) is 5.62. The summed E-state index contributed by atoms with van der Waals surface area (Å²) in [6, 6.07) is 5.58. The van der Waals surface area contributed by atoms with Gasteiger partial charge >= 0.3 is 0 Å². The van der Waals surface area contributed by atoms with Gasteiger partial charge in [-0.2, -0.15) is 0 Å². The van der Waals surface area contributed by atoms with Crippen LogP contribution in [0.1, 0.15) is 29.6 Å². The number of nitrogens with zero attached hydrogens (tertiary/aromatic N) is 2. The lowest BCUT2D eigenvalue weighted by Crippen LogP contribution is -2.36. The largest absolute Gasteiger partial charge is 0.329 e. The average Bonchev–Trinajstić information content (AvgIpc) is 2.97. The Bertz CT molecular complexity index is 402. The van der Waals surface area contributed by atoms with Gasteiger partial charge in [-0.15, -0.1) is 11.3 Å². The van der Waals surface area contributed by atoms with Gasteiger partial charge in [0.2, 0.25) is 0 Å². The predicted molar refractivity (Wildman–Crippen MR) is 83.7 cm³/mol. The smallest absolute Gasteiger partial charge is 0.0565 e. The first-order chi connectivity index (χ1) is 9.06. The molecule has 0 aliphatic carbocycles. The van der Waals surface area contributed by atoms with Gasteiger partial charge in [0.15, 0.2) is 0 Å². The standard InChI is InChI=1S/C15H27N3S/c1-5-12-6-7-15(19-12)13(8-16)18-9-11(2)14(10-18)17(3)4/h6-7,11,13-14H,5,8-10,16H2,1-4H3. The molecule has 1 fully saturated rings. The highest BCUT2D eigenvalue weighted by molar-refractivity contribution is 7.12. The number of hydrogen-bond acceptors (Lipinski definition) is 4. The van der Waals surface area contributed by atoms with Crippen LogP contribution in [0.4, 0.5) is 0 Å². The highest BCUT2D eigenvalue weighted by Gasteiger charge is 2.35. The van der Waals surface area contributed by atoms with Crippen LogP contribution >= 0.6 is 11.3 Å². The summed E-state index contributed by atoms with van der Waals surface area (Å²) in [7, 11) is 4.37. The molecular weight excluding hydrogens is 254 g/mol. The van der Waals surface area contributed by atoms with E-state index < -0.39 is 0 Å². The number of likely N-dealkylation sites (tertiary alicyclic amines) is 1. The molecule has 19 heavy (non-hydrogen) atoms. The minimum absolute atomic E-state index is 0.401. The third kappa shape index (κ3) is 3.19. The van der Waals surface area contributed by atoms with E-state index in [1.165, 1.54) is 9.75 Å². The zero-order chi connectivity index (χ0) is 14.0. The normalized spacial score (nSPS) is 26.2. The summed E-state index contributed by atoms with van der Waals surface area (Å²) in [6.45, 7) is 7.58. The highest BCUT2D eigenvalue weighted by atomic mass is 32.1. The van der Waals surface area contributed by atoms with Crippen LogP contribution in [0.25, 0.3) is 0 Å². The molecule has 4 heteroatoms. The van der Waals surface area contributed by atoms with Crippen molar-refractivity contribution in [3.05, 3.63) is 21.9 Å². The molecule has 1 saturated heterocycles.